The Balaban J connectivity index is 0.000000215. The standard InChI is InChI=1S/C17H16O4.C15H12O2/c1-20-13-10-15(19)17(16(11-13)21-2)14(18)9-8-12-6-4-3-5-7-12;1-2-13(11-6-4-3-5-7-11)14-10-12(16)8-9-15(14)17/h3-11,19H,1-2H3;2-10,13H,1H2. The van der Waals surface area contributed by atoms with Crippen molar-refractivity contribution < 1.29 is 29.0 Å². The van der Waals surface area contributed by atoms with Crippen molar-refractivity contribution in [3.8, 4) is 17.2 Å². The summed E-state index contributed by atoms with van der Waals surface area (Å²) >= 11 is 0. The van der Waals surface area contributed by atoms with Gasteiger partial charge in [-0.15, -0.1) is 6.58 Å². The minimum Gasteiger partial charge on any atom is -0.507 e. The van der Waals surface area contributed by atoms with E-state index >= 15 is 0 Å². The molecule has 0 heterocycles. The van der Waals surface area contributed by atoms with E-state index in [1.54, 1.807) is 18.2 Å². The van der Waals surface area contributed by atoms with Crippen molar-refractivity contribution in [2.24, 2.45) is 0 Å². The lowest BCUT2D eigenvalue weighted by Gasteiger charge is -2.16. The first-order valence-electron chi connectivity index (χ1n) is 11.8. The van der Waals surface area contributed by atoms with Crippen LogP contribution in [0, 0.1) is 0 Å². The highest BCUT2D eigenvalue weighted by atomic mass is 16.5. The number of hydrogen-bond donors (Lipinski definition) is 1. The molecule has 0 spiro atoms. The van der Waals surface area contributed by atoms with Crippen LogP contribution in [0.5, 0.6) is 17.2 Å². The van der Waals surface area contributed by atoms with Gasteiger partial charge in [0, 0.05) is 23.6 Å². The number of ether oxygens (including phenoxy) is 2. The maximum absolute atomic E-state index is 12.3. The average molecular weight is 509 g/mol. The Morgan fingerprint density at radius 3 is 2.18 bits per heavy atom. The molecular formula is C32H28O6. The molecule has 1 unspecified atom stereocenters. The van der Waals surface area contributed by atoms with Crippen LogP contribution in [0.4, 0.5) is 0 Å². The monoisotopic (exact) mass is 508 g/mol. The number of allylic oxidation sites excluding steroid dienone is 6. The Morgan fingerprint density at radius 2 is 1.58 bits per heavy atom. The molecule has 0 aliphatic heterocycles. The van der Waals surface area contributed by atoms with Crippen LogP contribution in [-0.2, 0) is 9.59 Å². The second-order valence-electron chi connectivity index (χ2n) is 8.16. The molecule has 0 bridgehead atoms. The molecule has 1 aliphatic carbocycles. The number of aromatic hydroxyl groups is 1. The van der Waals surface area contributed by atoms with Crippen molar-refractivity contribution in [3.63, 3.8) is 0 Å². The van der Waals surface area contributed by atoms with Gasteiger partial charge >= 0.3 is 0 Å². The molecule has 6 nitrogen and oxygen atoms in total. The molecule has 0 saturated heterocycles. The summed E-state index contributed by atoms with van der Waals surface area (Å²) in [6.07, 6.45) is 8.77. The molecule has 3 aromatic rings. The van der Waals surface area contributed by atoms with Crippen LogP contribution >= 0.6 is 0 Å². The highest BCUT2D eigenvalue weighted by molar-refractivity contribution is 6.18. The van der Waals surface area contributed by atoms with E-state index in [-0.39, 0.29) is 40.3 Å². The van der Waals surface area contributed by atoms with Crippen LogP contribution < -0.4 is 9.47 Å². The molecule has 1 aliphatic rings. The minimum absolute atomic E-state index is 0.116. The van der Waals surface area contributed by atoms with Crippen LogP contribution in [-0.4, -0.2) is 36.7 Å². The normalized spacial score (nSPS) is 13.3. The van der Waals surface area contributed by atoms with Gasteiger partial charge in [0.15, 0.2) is 17.3 Å². The fourth-order valence-corrected chi connectivity index (χ4v) is 3.79. The van der Waals surface area contributed by atoms with Gasteiger partial charge in [-0.05, 0) is 35.4 Å². The summed E-state index contributed by atoms with van der Waals surface area (Å²) in [5.41, 5.74) is 2.46. The number of hydrogen-bond acceptors (Lipinski definition) is 6. The van der Waals surface area contributed by atoms with E-state index in [4.69, 9.17) is 9.47 Å². The van der Waals surface area contributed by atoms with Crippen molar-refractivity contribution >= 4 is 23.4 Å². The first-order chi connectivity index (χ1) is 18.4. The molecule has 0 amide bonds. The van der Waals surface area contributed by atoms with Crippen LogP contribution in [0.1, 0.15) is 27.4 Å². The molecule has 1 N–H and O–H groups in total. The largest absolute Gasteiger partial charge is 0.507 e. The number of phenolic OH excluding ortho intramolecular Hbond substituents is 1. The van der Waals surface area contributed by atoms with Crippen LogP contribution in [0.2, 0.25) is 0 Å². The summed E-state index contributed by atoms with van der Waals surface area (Å²) in [6, 6.07) is 21.9. The number of carbonyl (C=O) groups excluding carboxylic acids is 3. The summed E-state index contributed by atoms with van der Waals surface area (Å²) in [6.45, 7) is 3.74. The smallest absolute Gasteiger partial charge is 0.193 e. The summed E-state index contributed by atoms with van der Waals surface area (Å²) in [4.78, 5) is 35.3. The second kappa shape index (κ2) is 13.4. The lowest BCUT2D eigenvalue weighted by atomic mass is 9.86. The quantitative estimate of drug-likeness (QED) is 0.176. The fourth-order valence-electron chi connectivity index (χ4n) is 3.79. The Morgan fingerprint density at radius 1 is 0.921 bits per heavy atom. The van der Waals surface area contributed by atoms with E-state index in [1.807, 2.05) is 60.7 Å². The van der Waals surface area contributed by atoms with Crippen molar-refractivity contribution in [2.75, 3.05) is 14.2 Å². The predicted octanol–water partition coefficient (Wildman–Crippen LogP) is 5.90. The van der Waals surface area contributed by atoms with E-state index in [0.717, 1.165) is 11.1 Å². The molecule has 4 rings (SSSR count). The third kappa shape index (κ3) is 7.04. The average Bonchev–Trinajstić information content (AvgIpc) is 2.95. The van der Waals surface area contributed by atoms with Crippen molar-refractivity contribution in [2.45, 2.75) is 5.92 Å². The van der Waals surface area contributed by atoms with Gasteiger partial charge in [-0.2, -0.15) is 0 Å². The molecular weight excluding hydrogens is 480 g/mol. The van der Waals surface area contributed by atoms with Crippen molar-refractivity contribution in [1.29, 1.82) is 0 Å². The summed E-state index contributed by atoms with van der Waals surface area (Å²) in [7, 11) is 2.91. The number of benzene rings is 3. The maximum Gasteiger partial charge on any atom is 0.193 e. The molecule has 1 atom stereocenters. The highest BCUT2D eigenvalue weighted by Crippen LogP contribution is 2.34. The highest BCUT2D eigenvalue weighted by Gasteiger charge is 2.21. The summed E-state index contributed by atoms with van der Waals surface area (Å²) in [5.74, 6) is -0.314. The van der Waals surface area contributed by atoms with Gasteiger partial charge in [-0.25, -0.2) is 0 Å². The third-order valence-corrected chi connectivity index (χ3v) is 5.69. The zero-order valence-electron chi connectivity index (χ0n) is 21.2. The molecule has 0 aromatic heterocycles. The zero-order chi connectivity index (χ0) is 27.5. The maximum atomic E-state index is 12.3. The van der Waals surface area contributed by atoms with E-state index < -0.39 is 0 Å². The van der Waals surface area contributed by atoms with Crippen molar-refractivity contribution in [3.05, 3.63) is 132 Å². The van der Waals surface area contributed by atoms with E-state index in [9.17, 15) is 19.5 Å². The SMILES string of the molecule is C=CC(C1=CC(=O)C=CC1=O)c1ccccc1.COc1cc(O)c(C(=O)C=Cc2ccccc2)c(OC)c1. The number of rotatable bonds is 8. The first-order valence-corrected chi connectivity index (χ1v) is 11.8. The third-order valence-electron chi connectivity index (χ3n) is 5.69. The lowest BCUT2D eigenvalue weighted by molar-refractivity contribution is -0.114. The molecule has 6 heteroatoms. The van der Waals surface area contributed by atoms with Gasteiger partial charge in [0.2, 0.25) is 0 Å². The van der Waals surface area contributed by atoms with Gasteiger partial charge < -0.3 is 14.6 Å². The Hall–Kier alpha value is -4.97. The van der Waals surface area contributed by atoms with Crippen LogP contribution in [0.25, 0.3) is 6.08 Å². The van der Waals surface area contributed by atoms with E-state index in [0.29, 0.717) is 11.3 Å². The van der Waals surface area contributed by atoms with Gasteiger partial charge in [0.05, 0.1) is 14.2 Å². The van der Waals surface area contributed by atoms with Gasteiger partial charge in [0.1, 0.15) is 22.8 Å². The molecule has 192 valence electrons. The first kappa shape index (κ1) is 27.6. The predicted molar refractivity (Wildman–Crippen MR) is 148 cm³/mol. The molecule has 38 heavy (non-hydrogen) atoms. The fraction of sp³-hybridized carbons (Fsp3) is 0.0938. The summed E-state index contributed by atoms with van der Waals surface area (Å²) in [5, 5.41) is 9.99. The second-order valence-corrected chi connectivity index (χ2v) is 8.16. The zero-order valence-corrected chi connectivity index (χ0v) is 21.2. The Labute approximate surface area is 221 Å². The van der Waals surface area contributed by atoms with E-state index in [2.05, 4.69) is 6.58 Å². The van der Waals surface area contributed by atoms with E-state index in [1.165, 1.54) is 44.6 Å². The molecule has 0 saturated carbocycles. The minimum atomic E-state index is -0.337. The molecule has 0 radical (unpaired) electrons. The summed E-state index contributed by atoms with van der Waals surface area (Å²) < 4.78 is 10.2. The van der Waals surface area contributed by atoms with Gasteiger partial charge in [-0.3, -0.25) is 14.4 Å². The topological polar surface area (TPSA) is 89.9 Å². The Kier molecular flexibility index (Phi) is 9.72. The lowest BCUT2D eigenvalue weighted by Crippen LogP contribution is -2.13. The van der Waals surface area contributed by atoms with Gasteiger partial charge in [0.25, 0.3) is 0 Å². The van der Waals surface area contributed by atoms with Crippen LogP contribution in [0.3, 0.4) is 0 Å². The number of carbonyl (C=O) groups is 3. The number of methoxy groups -OCH3 is 2. The molecule has 0 fully saturated rings. The number of phenols is 1. The Bertz CT molecular complexity index is 1400. The van der Waals surface area contributed by atoms with Crippen LogP contribution in [0.15, 0.2) is 115 Å². The van der Waals surface area contributed by atoms with Crippen molar-refractivity contribution in [1.82, 2.24) is 0 Å². The molecule has 3 aromatic carbocycles. The van der Waals surface area contributed by atoms with Gasteiger partial charge in [-0.1, -0.05) is 72.8 Å². The number of ketones is 3.